The fourth-order valence-corrected chi connectivity index (χ4v) is 2.12. The number of nitrogens with zero attached hydrogens (tertiary/aromatic N) is 1. The Bertz CT molecular complexity index is 501. The largest absolute Gasteiger partial charge is 0.497 e. The molecule has 114 valence electrons. The van der Waals surface area contributed by atoms with Crippen molar-refractivity contribution >= 4 is 12.0 Å². The third-order valence-electron chi connectivity index (χ3n) is 3.40. The fourth-order valence-electron chi connectivity index (χ4n) is 2.12. The molecule has 1 aromatic carbocycles. The van der Waals surface area contributed by atoms with Crippen LogP contribution in [0.2, 0.25) is 0 Å². The van der Waals surface area contributed by atoms with Gasteiger partial charge in [0.1, 0.15) is 11.9 Å². The number of hydrogen-bond acceptors (Lipinski definition) is 4. The van der Waals surface area contributed by atoms with Gasteiger partial charge in [0.25, 0.3) is 0 Å². The molecule has 0 spiro atoms. The molecule has 2 amide bonds. The lowest BCUT2D eigenvalue weighted by Gasteiger charge is -2.09. The van der Waals surface area contributed by atoms with Crippen LogP contribution in [0.25, 0.3) is 0 Å². The highest BCUT2D eigenvalue weighted by Gasteiger charge is 2.28. The van der Waals surface area contributed by atoms with E-state index >= 15 is 0 Å². The Morgan fingerprint density at radius 1 is 1.43 bits per heavy atom. The van der Waals surface area contributed by atoms with Gasteiger partial charge in [-0.3, -0.25) is 4.79 Å². The molecule has 1 aromatic rings. The maximum Gasteiger partial charge on any atom is 0.409 e. The number of methoxy groups -OCH3 is 1. The first kappa shape index (κ1) is 15.2. The lowest BCUT2D eigenvalue weighted by molar-refractivity contribution is -0.121. The van der Waals surface area contributed by atoms with Gasteiger partial charge in [0.15, 0.2) is 0 Å². The Balaban J connectivity index is 1.68. The average Bonchev–Trinajstić information content (AvgIpc) is 2.82. The highest BCUT2D eigenvalue weighted by Crippen LogP contribution is 2.14. The van der Waals surface area contributed by atoms with E-state index in [2.05, 4.69) is 5.32 Å². The molecule has 6 nitrogen and oxygen atoms in total. The van der Waals surface area contributed by atoms with E-state index in [1.165, 1.54) is 4.90 Å². The van der Waals surface area contributed by atoms with Gasteiger partial charge in [-0.2, -0.15) is 0 Å². The van der Waals surface area contributed by atoms with Crippen molar-refractivity contribution in [2.24, 2.45) is 0 Å². The molecule has 1 saturated heterocycles. The van der Waals surface area contributed by atoms with Crippen LogP contribution in [0.3, 0.4) is 0 Å². The SMILES string of the molecule is COc1ccc(CNC(=O)CCC2CN(C)C(=O)O2)cc1. The Hall–Kier alpha value is -2.24. The number of carbonyl (C=O) groups is 2. The molecule has 1 fully saturated rings. The van der Waals surface area contributed by atoms with Crippen molar-refractivity contribution in [2.45, 2.75) is 25.5 Å². The molecule has 1 N–H and O–H groups in total. The van der Waals surface area contributed by atoms with Crippen LogP contribution < -0.4 is 10.1 Å². The molecule has 0 aliphatic carbocycles. The van der Waals surface area contributed by atoms with Crippen LogP contribution in [0.15, 0.2) is 24.3 Å². The number of nitrogens with one attached hydrogen (secondary N) is 1. The van der Waals surface area contributed by atoms with Gasteiger partial charge in [0, 0.05) is 20.0 Å². The highest BCUT2D eigenvalue weighted by atomic mass is 16.6. The molecule has 1 aliphatic rings. The minimum atomic E-state index is -0.321. The van der Waals surface area contributed by atoms with Gasteiger partial charge in [0.05, 0.1) is 13.7 Å². The van der Waals surface area contributed by atoms with Crippen molar-refractivity contribution in [3.8, 4) is 5.75 Å². The van der Waals surface area contributed by atoms with Crippen LogP contribution in [0.1, 0.15) is 18.4 Å². The van der Waals surface area contributed by atoms with Gasteiger partial charge in [-0.1, -0.05) is 12.1 Å². The normalized spacial score (nSPS) is 17.5. The molecular formula is C15H20N2O4. The second kappa shape index (κ2) is 6.97. The van der Waals surface area contributed by atoms with Crippen molar-refractivity contribution in [3.05, 3.63) is 29.8 Å². The van der Waals surface area contributed by atoms with Crippen molar-refractivity contribution in [3.63, 3.8) is 0 Å². The lowest BCUT2D eigenvalue weighted by Crippen LogP contribution is -2.25. The molecule has 1 heterocycles. The summed E-state index contributed by atoms with van der Waals surface area (Å²) in [6.45, 7) is 1.03. The second-order valence-electron chi connectivity index (χ2n) is 5.05. The molecule has 1 aliphatic heterocycles. The van der Waals surface area contributed by atoms with Gasteiger partial charge in [0.2, 0.25) is 5.91 Å². The van der Waals surface area contributed by atoms with E-state index in [4.69, 9.17) is 9.47 Å². The summed E-state index contributed by atoms with van der Waals surface area (Å²) in [4.78, 5) is 24.5. The zero-order valence-electron chi connectivity index (χ0n) is 12.3. The van der Waals surface area contributed by atoms with Gasteiger partial charge in [-0.15, -0.1) is 0 Å². The summed E-state index contributed by atoms with van der Waals surface area (Å²) in [6, 6.07) is 7.53. The molecular weight excluding hydrogens is 272 g/mol. The van der Waals surface area contributed by atoms with Crippen LogP contribution >= 0.6 is 0 Å². The molecule has 21 heavy (non-hydrogen) atoms. The lowest BCUT2D eigenvalue weighted by atomic mass is 10.2. The Kier molecular flexibility index (Phi) is 5.03. The summed E-state index contributed by atoms with van der Waals surface area (Å²) in [5.41, 5.74) is 1.01. The molecule has 0 radical (unpaired) electrons. The number of benzene rings is 1. The monoisotopic (exact) mass is 292 g/mol. The molecule has 1 unspecified atom stereocenters. The summed E-state index contributed by atoms with van der Waals surface area (Å²) in [7, 11) is 3.30. The highest BCUT2D eigenvalue weighted by molar-refractivity contribution is 5.76. The van der Waals surface area contributed by atoms with Gasteiger partial charge in [-0.25, -0.2) is 4.79 Å². The van der Waals surface area contributed by atoms with Gasteiger partial charge >= 0.3 is 6.09 Å². The van der Waals surface area contributed by atoms with Crippen LogP contribution in [0.4, 0.5) is 4.79 Å². The summed E-state index contributed by atoms with van der Waals surface area (Å²) in [5.74, 6) is 0.744. The molecule has 0 bridgehead atoms. The smallest absolute Gasteiger partial charge is 0.409 e. The topological polar surface area (TPSA) is 67.9 Å². The third-order valence-corrected chi connectivity index (χ3v) is 3.40. The van der Waals surface area contributed by atoms with Crippen molar-refractivity contribution < 1.29 is 19.1 Å². The molecule has 0 aromatic heterocycles. The fraction of sp³-hybridized carbons (Fsp3) is 0.467. The quantitative estimate of drug-likeness (QED) is 0.863. The Morgan fingerprint density at radius 2 is 2.14 bits per heavy atom. The van der Waals surface area contributed by atoms with E-state index < -0.39 is 0 Å². The van der Waals surface area contributed by atoms with E-state index in [0.29, 0.717) is 25.9 Å². The number of cyclic esters (lactones) is 1. The maximum atomic E-state index is 11.8. The van der Waals surface area contributed by atoms with Crippen LogP contribution in [0, 0.1) is 0 Å². The van der Waals surface area contributed by atoms with Gasteiger partial charge in [-0.05, 0) is 24.1 Å². The van der Waals surface area contributed by atoms with E-state index in [0.717, 1.165) is 11.3 Å². The summed E-state index contributed by atoms with van der Waals surface area (Å²) in [6.07, 6.45) is 0.389. The third kappa shape index (κ3) is 4.37. The predicted octanol–water partition coefficient (Wildman–Crippen LogP) is 1.54. The van der Waals surface area contributed by atoms with Gasteiger partial charge < -0.3 is 19.7 Å². The van der Waals surface area contributed by atoms with Crippen LogP contribution in [-0.2, 0) is 16.1 Å². The molecule has 2 rings (SSSR count). The molecule has 0 saturated carbocycles. The van der Waals surface area contributed by atoms with E-state index in [1.807, 2.05) is 24.3 Å². The van der Waals surface area contributed by atoms with E-state index in [-0.39, 0.29) is 18.1 Å². The van der Waals surface area contributed by atoms with Crippen molar-refractivity contribution in [1.82, 2.24) is 10.2 Å². The number of carbonyl (C=O) groups excluding carboxylic acids is 2. The van der Waals surface area contributed by atoms with E-state index in [9.17, 15) is 9.59 Å². The number of hydrogen-bond donors (Lipinski definition) is 1. The summed E-state index contributed by atoms with van der Waals surface area (Å²) < 4.78 is 10.2. The first-order valence-electron chi connectivity index (χ1n) is 6.90. The average molecular weight is 292 g/mol. The van der Waals surface area contributed by atoms with Crippen molar-refractivity contribution in [1.29, 1.82) is 0 Å². The summed E-state index contributed by atoms with van der Waals surface area (Å²) in [5, 5.41) is 2.85. The zero-order chi connectivity index (χ0) is 15.2. The Morgan fingerprint density at radius 3 is 2.71 bits per heavy atom. The molecule has 6 heteroatoms. The number of likely N-dealkylation sites (N-methyl/N-ethyl adjacent to an activating group) is 1. The number of rotatable bonds is 6. The standard InChI is InChI=1S/C15H20N2O4/c1-17-10-13(21-15(17)19)7-8-14(18)16-9-11-3-5-12(20-2)6-4-11/h3-6,13H,7-10H2,1-2H3,(H,16,18). The molecule has 1 atom stereocenters. The number of amides is 2. The first-order chi connectivity index (χ1) is 10.1. The Labute approximate surface area is 124 Å². The van der Waals surface area contributed by atoms with E-state index in [1.54, 1.807) is 14.2 Å². The summed E-state index contributed by atoms with van der Waals surface area (Å²) >= 11 is 0. The van der Waals surface area contributed by atoms with Crippen LogP contribution in [-0.4, -0.2) is 43.7 Å². The van der Waals surface area contributed by atoms with Crippen molar-refractivity contribution in [2.75, 3.05) is 20.7 Å². The zero-order valence-corrected chi connectivity index (χ0v) is 12.3. The van der Waals surface area contributed by atoms with Crippen LogP contribution in [0.5, 0.6) is 5.75 Å². The second-order valence-corrected chi connectivity index (χ2v) is 5.05. The minimum Gasteiger partial charge on any atom is -0.497 e. The first-order valence-corrected chi connectivity index (χ1v) is 6.90. The maximum absolute atomic E-state index is 11.8. The predicted molar refractivity (Wildman–Crippen MR) is 77.0 cm³/mol. The number of ether oxygens (including phenoxy) is 2. The minimum absolute atomic E-state index is 0.0450.